The summed E-state index contributed by atoms with van der Waals surface area (Å²) in [5.74, 6) is -1.37. The molecule has 0 bridgehead atoms. The van der Waals surface area contributed by atoms with Gasteiger partial charge in [0.1, 0.15) is 12.4 Å². The molecule has 1 aromatic carbocycles. The van der Waals surface area contributed by atoms with Crippen LogP contribution in [0.1, 0.15) is 66.5 Å². The summed E-state index contributed by atoms with van der Waals surface area (Å²) in [5.41, 5.74) is 2.34. The Kier molecular flexibility index (Phi) is 12.4. The minimum atomic E-state index is -0.757. The van der Waals surface area contributed by atoms with E-state index in [1.165, 1.54) is 28.8 Å². The molecule has 0 saturated carbocycles. The van der Waals surface area contributed by atoms with E-state index in [0.717, 1.165) is 19.5 Å². The normalized spacial score (nSPS) is 13.3. The van der Waals surface area contributed by atoms with E-state index in [4.69, 9.17) is 9.47 Å². The van der Waals surface area contributed by atoms with Gasteiger partial charge in [-0.05, 0) is 63.2 Å². The van der Waals surface area contributed by atoms with Crippen molar-refractivity contribution in [2.24, 2.45) is 0 Å². The maximum atomic E-state index is 14.1. The lowest BCUT2D eigenvalue weighted by Gasteiger charge is -2.18. The van der Waals surface area contributed by atoms with Gasteiger partial charge in [0.25, 0.3) is 11.8 Å². The number of amides is 3. The maximum absolute atomic E-state index is 14.1. The van der Waals surface area contributed by atoms with Gasteiger partial charge < -0.3 is 30.3 Å². The van der Waals surface area contributed by atoms with Crippen molar-refractivity contribution in [2.75, 3.05) is 57.9 Å². The van der Waals surface area contributed by atoms with Crippen molar-refractivity contribution in [2.45, 2.75) is 47.5 Å². The standard InChI is InChI=1S/C31H42FN5O6/c1-6-9-27(38)33-13-15-42-16-17-43-31(41)37-21(5)28(30(40)34-12-14-36(7-2)8-3)20(4)26(37)19-24-23-18-22(32)10-11-25(23)35-29(24)39/h10-11,18-19H,6-9,12-17H2,1-5H3,(H,33,38)(H,34,40)(H,35,39)/b24-19-. The molecule has 1 aromatic heterocycles. The van der Waals surface area contributed by atoms with Gasteiger partial charge in [-0.3, -0.25) is 14.4 Å². The van der Waals surface area contributed by atoms with E-state index in [0.29, 0.717) is 54.1 Å². The number of carbonyl (C=O) groups is 4. The molecule has 0 unspecified atom stereocenters. The van der Waals surface area contributed by atoms with E-state index in [9.17, 15) is 23.6 Å². The zero-order valence-corrected chi connectivity index (χ0v) is 25.6. The van der Waals surface area contributed by atoms with Crippen LogP contribution in [-0.4, -0.2) is 85.8 Å². The van der Waals surface area contributed by atoms with Crippen molar-refractivity contribution in [3.8, 4) is 0 Å². The van der Waals surface area contributed by atoms with Gasteiger partial charge in [-0.1, -0.05) is 20.8 Å². The molecule has 0 spiro atoms. The molecule has 11 nitrogen and oxygen atoms in total. The molecule has 0 radical (unpaired) electrons. The van der Waals surface area contributed by atoms with E-state index in [2.05, 4.69) is 20.9 Å². The monoisotopic (exact) mass is 599 g/mol. The number of halogens is 1. The number of anilines is 1. The van der Waals surface area contributed by atoms with Crippen LogP contribution >= 0.6 is 0 Å². The number of rotatable bonds is 15. The molecule has 0 saturated heterocycles. The highest BCUT2D eigenvalue weighted by atomic mass is 19.1. The smallest absolute Gasteiger partial charge is 0.418 e. The topological polar surface area (TPSA) is 131 Å². The largest absolute Gasteiger partial charge is 0.446 e. The Balaban J connectivity index is 1.83. The number of nitrogens with one attached hydrogen (secondary N) is 3. The molecular weight excluding hydrogens is 557 g/mol. The lowest BCUT2D eigenvalue weighted by Crippen LogP contribution is -2.35. The highest BCUT2D eigenvalue weighted by Crippen LogP contribution is 2.35. The lowest BCUT2D eigenvalue weighted by atomic mass is 10.0. The number of fused-ring (bicyclic) bond motifs is 1. The van der Waals surface area contributed by atoms with Crippen LogP contribution in [0, 0.1) is 19.7 Å². The third kappa shape index (κ3) is 8.51. The van der Waals surface area contributed by atoms with Crippen molar-refractivity contribution < 1.29 is 33.0 Å². The van der Waals surface area contributed by atoms with Crippen LogP contribution in [0.3, 0.4) is 0 Å². The van der Waals surface area contributed by atoms with Crippen LogP contribution in [-0.2, 0) is 19.1 Å². The summed E-state index contributed by atoms with van der Waals surface area (Å²) < 4.78 is 26.3. The number of benzene rings is 1. The van der Waals surface area contributed by atoms with E-state index in [-0.39, 0.29) is 42.9 Å². The van der Waals surface area contributed by atoms with Crippen molar-refractivity contribution in [3.05, 3.63) is 52.1 Å². The molecule has 1 aliphatic rings. The number of hydrogen-bond acceptors (Lipinski definition) is 7. The predicted octanol–water partition coefficient (Wildman–Crippen LogP) is 3.73. The Morgan fingerprint density at radius 3 is 2.49 bits per heavy atom. The summed E-state index contributed by atoms with van der Waals surface area (Å²) >= 11 is 0. The average Bonchev–Trinajstić information content (AvgIpc) is 3.41. The molecule has 43 heavy (non-hydrogen) atoms. The highest BCUT2D eigenvalue weighted by Gasteiger charge is 2.29. The van der Waals surface area contributed by atoms with Gasteiger partial charge in [0.2, 0.25) is 5.91 Å². The zero-order valence-electron chi connectivity index (χ0n) is 25.6. The maximum Gasteiger partial charge on any atom is 0.418 e. The van der Waals surface area contributed by atoms with Crippen LogP contribution < -0.4 is 16.0 Å². The van der Waals surface area contributed by atoms with Crippen LogP contribution in [0.25, 0.3) is 11.6 Å². The Labute approximate surface area is 251 Å². The van der Waals surface area contributed by atoms with Crippen LogP contribution in [0.15, 0.2) is 18.2 Å². The molecule has 12 heteroatoms. The molecule has 0 aliphatic carbocycles. The van der Waals surface area contributed by atoms with Gasteiger partial charge in [0, 0.05) is 43.0 Å². The number of carbonyl (C=O) groups excluding carboxylic acids is 4. The first-order chi connectivity index (χ1) is 20.6. The number of ether oxygens (including phenoxy) is 2. The summed E-state index contributed by atoms with van der Waals surface area (Å²) in [6.45, 7) is 12.7. The Morgan fingerprint density at radius 2 is 1.79 bits per heavy atom. The number of nitrogens with zero attached hydrogens (tertiary/aromatic N) is 2. The Morgan fingerprint density at radius 1 is 1.05 bits per heavy atom. The summed E-state index contributed by atoms with van der Waals surface area (Å²) in [6.07, 6.45) is 1.93. The Hall–Kier alpha value is -4.03. The first-order valence-corrected chi connectivity index (χ1v) is 14.7. The molecule has 1 aliphatic heterocycles. The fraction of sp³-hybridized carbons (Fsp3) is 0.484. The molecule has 3 rings (SSSR count). The molecule has 0 atom stereocenters. The molecule has 2 heterocycles. The zero-order chi connectivity index (χ0) is 31.5. The second kappa shape index (κ2) is 16.0. The van der Waals surface area contributed by atoms with Gasteiger partial charge in [0.15, 0.2) is 0 Å². The van der Waals surface area contributed by atoms with Gasteiger partial charge in [-0.15, -0.1) is 0 Å². The van der Waals surface area contributed by atoms with E-state index >= 15 is 0 Å². The van der Waals surface area contributed by atoms with Gasteiger partial charge in [-0.25, -0.2) is 13.8 Å². The van der Waals surface area contributed by atoms with Crippen LogP contribution in [0.5, 0.6) is 0 Å². The predicted molar refractivity (Wildman–Crippen MR) is 162 cm³/mol. The quantitative estimate of drug-likeness (QED) is 0.210. The second-order valence-electron chi connectivity index (χ2n) is 10.1. The van der Waals surface area contributed by atoms with Crippen molar-refractivity contribution in [1.29, 1.82) is 0 Å². The van der Waals surface area contributed by atoms with Gasteiger partial charge in [0.05, 0.1) is 30.0 Å². The summed E-state index contributed by atoms with van der Waals surface area (Å²) in [4.78, 5) is 53.3. The summed E-state index contributed by atoms with van der Waals surface area (Å²) in [5, 5.41) is 8.37. The summed E-state index contributed by atoms with van der Waals surface area (Å²) in [7, 11) is 0. The first kappa shape index (κ1) is 33.5. The average molecular weight is 600 g/mol. The fourth-order valence-electron chi connectivity index (χ4n) is 4.93. The summed E-state index contributed by atoms with van der Waals surface area (Å²) in [6, 6.07) is 3.97. The van der Waals surface area contributed by atoms with E-state index in [1.807, 2.05) is 20.8 Å². The molecule has 234 valence electrons. The third-order valence-electron chi connectivity index (χ3n) is 7.26. The van der Waals surface area contributed by atoms with Crippen molar-refractivity contribution in [1.82, 2.24) is 20.1 Å². The molecule has 0 fully saturated rings. The molecule has 3 N–H and O–H groups in total. The minimum absolute atomic E-state index is 0.0492. The first-order valence-electron chi connectivity index (χ1n) is 14.7. The third-order valence-corrected chi connectivity index (χ3v) is 7.26. The van der Waals surface area contributed by atoms with Gasteiger partial charge in [-0.2, -0.15) is 0 Å². The second-order valence-corrected chi connectivity index (χ2v) is 10.1. The van der Waals surface area contributed by atoms with Crippen LogP contribution in [0.4, 0.5) is 14.9 Å². The number of likely N-dealkylation sites (N-methyl/N-ethyl adjacent to an activating group) is 1. The van der Waals surface area contributed by atoms with Gasteiger partial charge >= 0.3 is 6.09 Å². The highest BCUT2D eigenvalue weighted by molar-refractivity contribution is 6.35. The number of aromatic nitrogens is 1. The Bertz CT molecular complexity index is 1360. The fourth-order valence-corrected chi connectivity index (χ4v) is 4.93. The van der Waals surface area contributed by atoms with Crippen molar-refractivity contribution in [3.63, 3.8) is 0 Å². The molecule has 3 amide bonds. The van der Waals surface area contributed by atoms with E-state index < -0.39 is 17.8 Å². The van der Waals surface area contributed by atoms with Crippen LogP contribution in [0.2, 0.25) is 0 Å². The minimum Gasteiger partial charge on any atom is -0.446 e. The van der Waals surface area contributed by atoms with Crippen molar-refractivity contribution >= 4 is 41.2 Å². The van der Waals surface area contributed by atoms with E-state index in [1.54, 1.807) is 13.8 Å². The SMILES string of the molecule is CCCC(=O)NCCOCCOC(=O)n1c(C)c(C(=O)NCCN(CC)CC)c(C)c1/C=C1\C(=O)Nc2ccc(F)cc21. The molecular formula is C31H42FN5O6. The molecule has 2 aromatic rings. The lowest BCUT2D eigenvalue weighted by molar-refractivity contribution is -0.121. The number of hydrogen-bond donors (Lipinski definition) is 3.